The molecule has 1 amide bonds. The Balaban J connectivity index is 2.39. The Hall–Kier alpha value is -2.36. The van der Waals surface area contributed by atoms with Crippen LogP contribution in [-0.2, 0) is 0 Å². The van der Waals surface area contributed by atoms with Crippen LogP contribution in [0.2, 0.25) is 0 Å². The molecule has 0 saturated carbocycles. The predicted octanol–water partition coefficient (Wildman–Crippen LogP) is 3.38. The van der Waals surface area contributed by atoms with Gasteiger partial charge >= 0.3 is 0 Å². The molecule has 4 heteroatoms. The van der Waals surface area contributed by atoms with Gasteiger partial charge in [-0.15, -0.1) is 0 Å². The Morgan fingerprint density at radius 3 is 2.45 bits per heavy atom. The van der Waals surface area contributed by atoms with Crippen LogP contribution >= 0.6 is 0 Å². The third-order valence-electron chi connectivity index (χ3n) is 3.25. The number of hydrogen-bond acceptors (Lipinski definition) is 2. The molecule has 0 radical (unpaired) electrons. The molecule has 0 aliphatic rings. The normalized spacial score (nSPS) is 10.3. The van der Waals surface area contributed by atoms with E-state index in [4.69, 9.17) is 5.73 Å². The first-order chi connectivity index (χ1) is 9.54. The summed E-state index contributed by atoms with van der Waals surface area (Å²) in [6, 6.07) is 11.2. The molecule has 104 valence electrons. The Kier molecular flexibility index (Phi) is 4.03. The van der Waals surface area contributed by atoms with Gasteiger partial charge in [-0.25, -0.2) is 4.39 Å². The summed E-state index contributed by atoms with van der Waals surface area (Å²) in [6.07, 6.45) is 0. The van der Waals surface area contributed by atoms with Crippen molar-refractivity contribution in [3.63, 3.8) is 0 Å². The van der Waals surface area contributed by atoms with Crippen LogP contribution in [0.1, 0.15) is 22.8 Å². The molecule has 0 aromatic heterocycles. The first kappa shape index (κ1) is 14.1. The van der Waals surface area contributed by atoms with Crippen molar-refractivity contribution in [3.05, 3.63) is 59.4 Å². The number of carbonyl (C=O) groups excluding carboxylic acids is 1. The molecule has 3 nitrogen and oxygen atoms in total. The van der Waals surface area contributed by atoms with E-state index in [1.807, 2.05) is 19.9 Å². The van der Waals surface area contributed by atoms with Gasteiger partial charge in [0, 0.05) is 17.9 Å². The van der Waals surface area contributed by atoms with E-state index in [0.29, 0.717) is 23.5 Å². The number of para-hydroxylation sites is 1. The van der Waals surface area contributed by atoms with Crippen molar-refractivity contribution in [2.45, 2.75) is 13.8 Å². The second-order valence-electron chi connectivity index (χ2n) is 4.56. The third kappa shape index (κ3) is 2.64. The number of aryl methyl sites for hydroxylation is 1. The number of nitrogens with two attached hydrogens (primary N) is 1. The van der Waals surface area contributed by atoms with E-state index in [0.717, 1.165) is 5.56 Å². The van der Waals surface area contributed by atoms with Crippen LogP contribution in [0.3, 0.4) is 0 Å². The van der Waals surface area contributed by atoms with E-state index in [2.05, 4.69) is 0 Å². The van der Waals surface area contributed by atoms with Gasteiger partial charge in [-0.2, -0.15) is 0 Å². The summed E-state index contributed by atoms with van der Waals surface area (Å²) in [5.41, 5.74) is 8.44. The SMILES string of the molecule is CCN(C(=O)c1cccc(C)c1N)c1ccc(F)cc1. The molecule has 2 aromatic rings. The van der Waals surface area contributed by atoms with Crippen LogP contribution in [0.25, 0.3) is 0 Å². The molecule has 0 unspecified atom stereocenters. The summed E-state index contributed by atoms with van der Waals surface area (Å²) in [5.74, 6) is -0.507. The highest BCUT2D eigenvalue weighted by Gasteiger charge is 2.18. The van der Waals surface area contributed by atoms with Gasteiger partial charge < -0.3 is 10.6 Å². The van der Waals surface area contributed by atoms with Crippen molar-refractivity contribution in [3.8, 4) is 0 Å². The number of nitrogens with zero attached hydrogens (tertiary/aromatic N) is 1. The lowest BCUT2D eigenvalue weighted by atomic mass is 10.1. The zero-order valence-corrected chi connectivity index (χ0v) is 11.6. The second-order valence-corrected chi connectivity index (χ2v) is 4.56. The van der Waals surface area contributed by atoms with E-state index in [9.17, 15) is 9.18 Å². The number of benzene rings is 2. The maximum atomic E-state index is 13.0. The van der Waals surface area contributed by atoms with E-state index in [-0.39, 0.29) is 11.7 Å². The van der Waals surface area contributed by atoms with Gasteiger partial charge in [-0.3, -0.25) is 4.79 Å². The minimum atomic E-state index is -0.327. The Labute approximate surface area is 117 Å². The van der Waals surface area contributed by atoms with E-state index in [1.54, 1.807) is 29.2 Å². The lowest BCUT2D eigenvalue weighted by molar-refractivity contribution is 0.0989. The largest absolute Gasteiger partial charge is 0.398 e. The number of carbonyl (C=O) groups is 1. The van der Waals surface area contributed by atoms with Gasteiger partial charge in [-0.1, -0.05) is 12.1 Å². The number of nitrogen functional groups attached to an aromatic ring is 1. The number of hydrogen-bond donors (Lipinski definition) is 1. The van der Waals surface area contributed by atoms with Crippen LogP contribution in [0.15, 0.2) is 42.5 Å². The first-order valence-corrected chi connectivity index (χ1v) is 6.47. The van der Waals surface area contributed by atoms with Crippen LogP contribution < -0.4 is 10.6 Å². The standard InChI is InChI=1S/C16H17FN2O/c1-3-19(13-9-7-12(17)8-10-13)16(20)14-6-4-5-11(2)15(14)18/h4-10H,3,18H2,1-2H3. The molecule has 0 heterocycles. The Morgan fingerprint density at radius 2 is 1.85 bits per heavy atom. The molecule has 0 aliphatic heterocycles. The highest BCUT2D eigenvalue weighted by Crippen LogP contribution is 2.22. The fourth-order valence-electron chi connectivity index (χ4n) is 2.08. The summed E-state index contributed by atoms with van der Waals surface area (Å²) in [7, 11) is 0. The van der Waals surface area contributed by atoms with Gasteiger partial charge in [-0.05, 0) is 49.7 Å². The monoisotopic (exact) mass is 272 g/mol. The molecule has 0 fully saturated rings. The van der Waals surface area contributed by atoms with Gasteiger partial charge in [0.2, 0.25) is 0 Å². The van der Waals surface area contributed by atoms with Crippen LogP contribution in [0.4, 0.5) is 15.8 Å². The summed E-state index contributed by atoms with van der Waals surface area (Å²) in [4.78, 5) is 14.2. The lowest BCUT2D eigenvalue weighted by Crippen LogP contribution is -2.31. The van der Waals surface area contributed by atoms with Crippen molar-refractivity contribution < 1.29 is 9.18 Å². The molecule has 2 aromatic carbocycles. The Morgan fingerprint density at radius 1 is 1.20 bits per heavy atom. The Bertz CT molecular complexity index is 623. The molecule has 2 rings (SSSR count). The summed E-state index contributed by atoms with van der Waals surface area (Å²) in [6.45, 7) is 4.21. The summed E-state index contributed by atoms with van der Waals surface area (Å²) in [5, 5.41) is 0. The van der Waals surface area contributed by atoms with Crippen molar-refractivity contribution in [1.82, 2.24) is 0 Å². The van der Waals surface area contributed by atoms with Crippen molar-refractivity contribution >= 4 is 17.3 Å². The third-order valence-corrected chi connectivity index (χ3v) is 3.25. The second kappa shape index (κ2) is 5.74. The van der Waals surface area contributed by atoms with Gasteiger partial charge in [0.15, 0.2) is 0 Å². The quantitative estimate of drug-likeness (QED) is 0.871. The van der Waals surface area contributed by atoms with Crippen molar-refractivity contribution in [2.75, 3.05) is 17.2 Å². The number of amides is 1. The molecule has 0 bridgehead atoms. The zero-order valence-electron chi connectivity index (χ0n) is 11.6. The molecule has 20 heavy (non-hydrogen) atoms. The van der Waals surface area contributed by atoms with E-state index in [1.165, 1.54) is 12.1 Å². The van der Waals surface area contributed by atoms with Gasteiger partial charge in [0.05, 0.1) is 5.56 Å². The predicted molar refractivity (Wildman–Crippen MR) is 79.3 cm³/mol. The molecule has 0 saturated heterocycles. The van der Waals surface area contributed by atoms with Crippen molar-refractivity contribution in [1.29, 1.82) is 0 Å². The van der Waals surface area contributed by atoms with E-state index < -0.39 is 0 Å². The average molecular weight is 272 g/mol. The maximum absolute atomic E-state index is 13.0. The smallest absolute Gasteiger partial charge is 0.260 e. The fourth-order valence-corrected chi connectivity index (χ4v) is 2.08. The van der Waals surface area contributed by atoms with Crippen LogP contribution in [0.5, 0.6) is 0 Å². The summed E-state index contributed by atoms with van der Waals surface area (Å²) >= 11 is 0. The van der Waals surface area contributed by atoms with Crippen LogP contribution in [-0.4, -0.2) is 12.5 Å². The maximum Gasteiger partial charge on any atom is 0.260 e. The highest BCUT2D eigenvalue weighted by molar-refractivity contribution is 6.09. The van der Waals surface area contributed by atoms with Gasteiger partial charge in [0.25, 0.3) is 5.91 Å². The molecule has 2 N–H and O–H groups in total. The van der Waals surface area contributed by atoms with Gasteiger partial charge in [0.1, 0.15) is 5.82 Å². The first-order valence-electron chi connectivity index (χ1n) is 6.47. The average Bonchev–Trinajstić information content (AvgIpc) is 2.44. The summed E-state index contributed by atoms with van der Waals surface area (Å²) < 4.78 is 13.0. The molecular formula is C16H17FN2O. The minimum Gasteiger partial charge on any atom is -0.398 e. The number of rotatable bonds is 3. The van der Waals surface area contributed by atoms with Crippen molar-refractivity contribution in [2.24, 2.45) is 0 Å². The van der Waals surface area contributed by atoms with E-state index >= 15 is 0 Å². The molecule has 0 aliphatic carbocycles. The molecule has 0 spiro atoms. The lowest BCUT2D eigenvalue weighted by Gasteiger charge is -2.22. The number of halogens is 1. The zero-order chi connectivity index (χ0) is 14.7. The van der Waals surface area contributed by atoms with Crippen LogP contribution in [0, 0.1) is 12.7 Å². The molecule has 0 atom stereocenters. The topological polar surface area (TPSA) is 46.3 Å². The fraction of sp³-hybridized carbons (Fsp3) is 0.188. The minimum absolute atomic E-state index is 0.180. The molecular weight excluding hydrogens is 255 g/mol. The highest BCUT2D eigenvalue weighted by atomic mass is 19.1. The number of anilines is 2.